The fourth-order valence-corrected chi connectivity index (χ4v) is 4.34. The minimum absolute atomic E-state index is 0.126. The number of likely N-dealkylation sites (tertiary alicyclic amines) is 1. The van der Waals surface area contributed by atoms with Crippen LogP contribution in [-0.4, -0.2) is 62.4 Å². The molecule has 2 amide bonds. The first-order valence-electron chi connectivity index (χ1n) is 11.3. The van der Waals surface area contributed by atoms with E-state index in [4.69, 9.17) is 4.74 Å². The number of para-hydroxylation sites is 2. The van der Waals surface area contributed by atoms with Gasteiger partial charge >= 0.3 is 6.03 Å². The Morgan fingerprint density at radius 3 is 2.48 bits per heavy atom. The molecule has 0 unspecified atom stereocenters. The van der Waals surface area contributed by atoms with Crippen LogP contribution in [0.3, 0.4) is 0 Å². The predicted octanol–water partition coefficient (Wildman–Crippen LogP) is 3.93. The van der Waals surface area contributed by atoms with Gasteiger partial charge in [0.15, 0.2) is 0 Å². The quantitative estimate of drug-likeness (QED) is 0.679. The molecule has 2 heterocycles. The summed E-state index contributed by atoms with van der Waals surface area (Å²) in [4.78, 5) is 17.3. The number of carbonyl (C=O) groups is 1. The molecule has 2 atom stereocenters. The van der Waals surface area contributed by atoms with E-state index in [1.54, 1.807) is 0 Å². The van der Waals surface area contributed by atoms with Crippen molar-refractivity contribution in [3.05, 3.63) is 24.3 Å². The van der Waals surface area contributed by atoms with Gasteiger partial charge in [-0.15, -0.1) is 0 Å². The number of benzene rings is 1. The van der Waals surface area contributed by atoms with Crippen molar-refractivity contribution in [2.24, 2.45) is 5.92 Å². The zero-order chi connectivity index (χ0) is 20.6. The molecule has 2 aliphatic rings. The standard InChI is InChI=1S/C23H38N4O2/c1-18-10-14-26(15-11-18)13-7-6-12-24-23(28)25-21-8-4-5-9-22(21)27-16-19(2)29-20(3)17-27/h4-5,8-9,18-20H,6-7,10-17H2,1-3H3,(H2,24,25,28)/t19-,20+. The first kappa shape index (κ1) is 21.9. The van der Waals surface area contributed by atoms with Crippen molar-refractivity contribution in [3.63, 3.8) is 0 Å². The minimum atomic E-state index is -0.126. The molecule has 2 fully saturated rings. The van der Waals surface area contributed by atoms with Gasteiger partial charge in [-0.2, -0.15) is 0 Å². The van der Waals surface area contributed by atoms with Crippen molar-refractivity contribution in [1.29, 1.82) is 0 Å². The number of morpholine rings is 1. The normalized spacial score (nSPS) is 23.8. The lowest BCUT2D eigenvalue weighted by Gasteiger charge is -2.37. The number of rotatable bonds is 7. The second kappa shape index (κ2) is 10.8. The molecule has 29 heavy (non-hydrogen) atoms. The first-order valence-corrected chi connectivity index (χ1v) is 11.3. The van der Waals surface area contributed by atoms with Crippen LogP contribution in [-0.2, 0) is 4.74 Å². The minimum Gasteiger partial charge on any atom is -0.372 e. The predicted molar refractivity (Wildman–Crippen MR) is 120 cm³/mol. The smallest absolute Gasteiger partial charge is 0.319 e. The number of urea groups is 1. The van der Waals surface area contributed by atoms with E-state index in [2.05, 4.69) is 47.3 Å². The Hall–Kier alpha value is -1.79. The average Bonchev–Trinajstić information content (AvgIpc) is 2.69. The monoisotopic (exact) mass is 402 g/mol. The summed E-state index contributed by atoms with van der Waals surface area (Å²) in [6.07, 6.45) is 5.16. The fraction of sp³-hybridized carbons (Fsp3) is 0.696. The van der Waals surface area contributed by atoms with Crippen molar-refractivity contribution in [2.75, 3.05) is 49.5 Å². The molecule has 2 aliphatic heterocycles. The number of nitrogens with zero attached hydrogens (tertiary/aromatic N) is 2. The number of anilines is 2. The first-order chi connectivity index (χ1) is 14.0. The van der Waals surface area contributed by atoms with Gasteiger partial charge in [0.1, 0.15) is 0 Å². The highest BCUT2D eigenvalue weighted by Crippen LogP contribution is 2.28. The molecule has 0 bridgehead atoms. The molecule has 0 aromatic heterocycles. The molecule has 162 valence electrons. The van der Waals surface area contributed by atoms with Crippen LogP contribution in [0.5, 0.6) is 0 Å². The summed E-state index contributed by atoms with van der Waals surface area (Å²) in [7, 11) is 0. The van der Waals surface area contributed by atoms with Gasteiger partial charge in [0.2, 0.25) is 0 Å². The summed E-state index contributed by atoms with van der Waals surface area (Å²) in [6, 6.07) is 7.89. The van der Waals surface area contributed by atoms with E-state index in [0.29, 0.717) is 6.54 Å². The third-order valence-electron chi connectivity index (χ3n) is 5.98. The van der Waals surface area contributed by atoms with Crippen molar-refractivity contribution in [2.45, 2.75) is 58.7 Å². The van der Waals surface area contributed by atoms with E-state index in [1.165, 1.54) is 25.9 Å². The lowest BCUT2D eigenvalue weighted by atomic mass is 9.99. The maximum absolute atomic E-state index is 12.4. The van der Waals surface area contributed by atoms with E-state index >= 15 is 0 Å². The summed E-state index contributed by atoms with van der Waals surface area (Å²) in [5, 5.41) is 6.05. The SMILES string of the molecule is CC1CCN(CCCCNC(=O)Nc2ccccc2N2C[C@@H](C)O[C@@H](C)C2)CC1. The molecule has 0 radical (unpaired) electrons. The summed E-state index contributed by atoms with van der Waals surface area (Å²) >= 11 is 0. The number of hydrogen-bond donors (Lipinski definition) is 2. The number of piperidine rings is 1. The van der Waals surface area contributed by atoms with Crippen molar-refractivity contribution in [1.82, 2.24) is 10.2 Å². The fourth-order valence-electron chi connectivity index (χ4n) is 4.34. The number of carbonyl (C=O) groups excluding carboxylic acids is 1. The molecule has 1 aromatic carbocycles. The number of unbranched alkanes of at least 4 members (excludes halogenated alkanes) is 1. The van der Waals surface area contributed by atoms with Crippen LogP contribution in [0.2, 0.25) is 0 Å². The van der Waals surface area contributed by atoms with Crippen molar-refractivity contribution >= 4 is 17.4 Å². The van der Waals surface area contributed by atoms with Crippen LogP contribution in [0.4, 0.5) is 16.2 Å². The van der Waals surface area contributed by atoms with Crippen LogP contribution >= 0.6 is 0 Å². The maximum atomic E-state index is 12.4. The zero-order valence-corrected chi connectivity index (χ0v) is 18.3. The van der Waals surface area contributed by atoms with E-state index in [1.807, 2.05) is 18.2 Å². The summed E-state index contributed by atoms with van der Waals surface area (Å²) in [5.41, 5.74) is 1.91. The second-order valence-electron chi connectivity index (χ2n) is 8.79. The third kappa shape index (κ3) is 6.89. The van der Waals surface area contributed by atoms with E-state index < -0.39 is 0 Å². The molecule has 6 nitrogen and oxygen atoms in total. The lowest BCUT2D eigenvalue weighted by Crippen LogP contribution is -2.45. The van der Waals surface area contributed by atoms with E-state index in [9.17, 15) is 4.79 Å². The van der Waals surface area contributed by atoms with Gasteiger partial charge in [0.05, 0.1) is 23.6 Å². The highest BCUT2D eigenvalue weighted by atomic mass is 16.5. The number of nitrogens with one attached hydrogen (secondary N) is 2. The largest absolute Gasteiger partial charge is 0.372 e. The Kier molecular flexibility index (Phi) is 8.19. The van der Waals surface area contributed by atoms with Crippen LogP contribution in [0, 0.1) is 5.92 Å². The van der Waals surface area contributed by atoms with Gasteiger partial charge in [-0.25, -0.2) is 4.79 Å². The topological polar surface area (TPSA) is 56.8 Å². The van der Waals surface area contributed by atoms with Crippen LogP contribution in [0.15, 0.2) is 24.3 Å². The van der Waals surface area contributed by atoms with Crippen molar-refractivity contribution in [3.8, 4) is 0 Å². The Morgan fingerprint density at radius 1 is 1.07 bits per heavy atom. The molecule has 0 spiro atoms. The van der Waals surface area contributed by atoms with Gasteiger partial charge < -0.3 is 25.2 Å². The molecule has 6 heteroatoms. The van der Waals surface area contributed by atoms with Gasteiger partial charge in [0.25, 0.3) is 0 Å². The molecule has 2 N–H and O–H groups in total. The highest BCUT2D eigenvalue weighted by molar-refractivity contribution is 5.93. The highest BCUT2D eigenvalue weighted by Gasteiger charge is 2.24. The van der Waals surface area contributed by atoms with Crippen LogP contribution in [0.25, 0.3) is 0 Å². The van der Waals surface area contributed by atoms with Gasteiger partial charge in [-0.3, -0.25) is 0 Å². The summed E-state index contributed by atoms with van der Waals surface area (Å²) in [5.74, 6) is 0.878. The number of ether oxygens (including phenoxy) is 1. The lowest BCUT2D eigenvalue weighted by molar-refractivity contribution is -0.00517. The summed E-state index contributed by atoms with van der Waals surface area (Å²) in [6.45, 7) is 12.5. The Bertz CT molecular complexity index is 636. The third-order valence-corrected chi connectivity index (χ3v) is 5.98. The molecule has 1 aromatic rings. The second-order valence-corrected chi connectivity index (χ2v) is 8.79. The molecule has 0 saturated carbocycles. The van der Waals surface area contributed by atoms with E-state index in [0.717, 1.165) is 49.8 Å². The molecule has 3 rings (SSSR count). The zero-order valence-electron chi connectivity index (χ0n) is 18.3. The molecular formula is C23H38N4O2. The number of hydrogen-bond acceptors (Lipinski definition) is 4. The van der Waals surface area contributed by atoms with Crippen molar-refractivity contribution < 1.29 is 9.53 Å². The van der Waals surface area contributed by atoms with Crippen LogP contribution < -0.4 is 15.5 Å². The van der Waals surface area contributed by atoms with Gasteiger partial charge in [-0.05, 0) is 77.2 Å². The Balaban J connectivity index is 1.40. The van der Waals surface area contributed by atoms with Gasteiger partial charge in [-0.1, -0.05) is 19.1 Å². The molecule has 0 aliphatic carbocycles. The van der Waals surface area contributed by atoms with Gasteiger partial charge in [0, 0.05) is 19.6 Å². The Morgan fingerprint density at radius 2 is 1.76 bits per heavy atom. The average molecular weight is 403 g/mol. The Labute approximate surface area is 176 Å². The number of amides is 2. The molecule has 2 saturated heterocycles. The van der Waals surface area contributed by atoms with E-state index in [-0.39, 0.29) is 18.2 Å². The summed E-state index contributed by atoms with van der Waals surface area (Å²) < 4.78 is 5.84. The van der Waals surface area contributed by atoms with Crippen LogP contribution in [0.1, 0.15) is 46.5 Å². The maximum Gasteiger partial charge on any atom is 0.319 e. The molecular weight excluding hydrogens is 364 g/mol.